The fourth-order valence-corrected chi connectivity index (χ4v) is 3.64. The van der Waals surface area contributed by atoms with E-state index < -0.39 is 0 Å². The van der Waals surface area contributed by atoms with Gasteiger partial charge in [0.25, 0.3) is 0 Å². The van der Waals surface area contributed by atoms with E-state index in [0.29, 0.717) is 6.61 Å². The van der Waals surface area contributed by atoms with Gasteiger partial charge in [-0.15, -0.1) is 0 Å². The van der Waals surface area contributed by atoms with Crippen LogP contribution in [-0.2, 0) is 9.53 Å². The van der Waals surface area contributed by atoms with Crippen LogP contribution in [0.5, 0.6) is 0 Å². The Labute approximate surface area is 117 Å². The summed E-state index contributed by atoms with van der Waals surface area (Å²) in [4.78, 5) is 14.6. The van der Waals surface area contributed by atoms with Crippen molar-refractivity contribution >= 4 is 17.2 Å². The predicted molar refractivity (Wildman–Crippen MR) is 75.0 cm³/mol. The Hall–Kier alpha value is -0.910. The van der Waals surface area contributed by atoms with E-state index in [1.807, 2.05) is 4.90 Å². The van der Waals surface area contributed by atoms with Gasteiger partial charge in [-0.05, 0) is 41.7 Å². The minimum atomic E-state index is -0.0492. The van der Waals surface area contributed by atoms with Crippen molar-refractivity contribution in [3.05, 3.63) is 22.4 Å². The Morgan fingerprint density at radius 1 is 1.58 bits per heavy atom. The highest BCUT2D eigenvalue weighted by atomic mass is 32.1. The molecule has 3 rings (SSSR count). The minimum absolute atomic E-state index is 0.0235. The van der Waals surface area contributed by atoms with Gasteiger partial charge in [0.2, 0.25) is 5.91 Å². The lowest BCUT2D eigenvalue weighted by atomic mass is 10.1. The standard InChI is InChI=1S/C14H20N2O2S/c1-2-12-14(17)16(11-4-3-6-18-8-11)13(15-12)10-5-7-19-9-10/h5,7,9,11-13,15H,2-4,6,8H2,1H3. The maximum Gasteiger partial charge on any atom is 0.241 e. The van der Waals surface area contributed by atoms with Gasteiger partial charge in [-0.2, -0.15) is 11.3 Å². The van der Waals surface area contributed by atoms with Gasteiger partial charge in [0.15, 0.2) is 0 Å². The summed E-state index contributed by atoms with van der Waals surface area (Å²) >= 11 is 1.68. The zero-order valence-electron chi connectivity index (χ0n) is 11.2. The number of ether oxygens (including phenoxy) is 1. The summed E-state index contributed by atoms with van der Waals surface area (Å²) in [6.45, 7) is 3.55. The lowest BCUT2D eigenvalue weighted by molar-refractivity contribution is -0.135. The van der Waals surface area contributed by atoms with Crippen LogP contribution in [0, 0.1) is 0 Å². The van der Waals surface area contributed by atoms with Crippen molar-refractivity contribution in [1.82, 2.24) is 10.2 Å². The third kappa shape index (κ3) is 2.42. The average Bonchev–Trinajstić information content (AvgIpc) is 3.07. The van der Waals surface area contributed by atoms with Crippen LogP contribution in [0.2, 0.25) is 0 Å². The molecule has 0 aliphatic carbocycles. The molecule has 0 spiro atoms. The molecule has 2 aliphatic heterocycles. The number of hydrogen-bond acceptors (Lipinski definition) is 4. The van der Waals surface area contributed by atoms with Gasteiger partial charge in [0.1, 0.15) is 6.17 Å². The molecule has 104 valence electrons. The van der Waals surface area contributed by atoms with Crippen molar-refractivity contribution < 1.29 is 9.53 Å². The van der Waals surface area contributed by atoms with Crippen LogP contribution in [0.25, 0.3) is 0 Å². The number of nitrogens with zero attached hydrogens (tertiary/aromatic N) is 1. The van der Waals surface area contributed by atoms with Crippen molar-refractivity contribution in [3.8, 4) is 0 Å². The zero-order chi connectivity index (χ0) is 13.2. The number of carbonyl (C=O) groups is 1. The van der Waals surface area contributed by atoms with Crippen LogP contribution in [0.3, 0.4) is 0 Å². The smallest absolute Gasteiger partial charge is 0.241 e. The fourth-order valence-electron chi connectivity index (χ4n) is 2.96. The highest BCUT2D eigenvalue weighted by Crippen LogP contribution is 2.32. The molecule has 0 aromatic carbocycles. The third-order valence-corrected chi connectivity index (χ3v) is 4.69. The SMILES string of the molecule is CCC1NC(c2ccsc2)N(C2CCCOC2)C1=O. The second kappa shape index (κ2) is 5.61. The van der Waals surface area contributed by atoms with E-state index in [-0.39, 0.29) is 24.2 Å². The highest BCUT2D eigenvalue weighted by Gasteiger charge is 2.42. The summed E-state index contributed by atoms with van der Waals surface area (Å²) in [5, 5.41) is 7.66. The molecule has 2 fully saturated rings. The number of hydrogen-bond donors (Lipinski definition) is 1. The van der Waals surface area contributed by atoms with Gasteiger partial charge in [-0.25, -0.2) is 0 Å². The van der Waals surface area contributed by atoms with Crippen LogP contribution in [0.15, 0.2) is 16.8 Å². The first-order valence-electron chi connectivity index (χ1n) is 6.99. The van der Waals surface area contributed by atoms with Crippen LogP contribution < -0.4 is 5.32 Å². The zero-order valence-corrected chi connectivity index (χ0v) is 12.0. The van der Waals surface area contributed by atoms with Crippen LogP contribution >= 0.6 is 11.3 Å². The molecule has 3 heterocycles. The van der Waals surface area contributed by atoms with E-state index in [1.54, 1.807) is 11.3 Å². The minimum Gasteiger partial charge on any atom is -0.379 e. The van der Waals surface area contributed by atoms with E-state index in [0.717, 1.165) is 25.9 Å². The second-order valence-corrected chi connectivity index (χ2v) is 5.98. The first-order chi connectivity index (χ1) is 9.31. The largest absolute Gasteiger partial charge is 0.379 e. The molecule has 0 saturated carbocycles. The van der Waals surface area contributed by atoms with E-state index in [4.69, 9.17) is 4.74 Å². The Morgan fingerprint density at radius 3 is 3.11 bits per heavy atom. The summed E-state index contributed by atoms with van der Waals surface area (Å²) in [5.74, 6) is 0.231. The molecule has 1 amide bonds. The topological polar surface area (TPSA) is 41.6 Å². The Bertz CT molecular complexity index is 429. The summed E-state index contributed by atoms with van der Waals surface area (Å²) in [5.41, 5.74) is 1.19. The molecule has 1 aromatic heterocycles. The fraction of sp³-hybridized carbons (Fsp3) is 0.643. The maximum atomic E-state index is 12.6. The van der Waals surface area contributed by atoms with Crippen LogP contribution in [0.1, 0.15) is 37.9 Å². The van der Waals surface area contributed by atoms with Gasteiger partial charge in [-0.3, -0.25) is 10.1 Å². The normalized spacial score (nSPS) is 31.9. The number of rotatable bonds is 3. The van der Waals surface area contributed by atoms with E-state index in [9.17, 15) is 4.79 Å². The Kier molecular flexibility index (Phi) is 3.86. The van der Waals surface area contributed by atoms with Crippen molar-refractivity contribution in [2.24, 2.45) is 0 Å². The summed E-state index contributed by atoms with van der Waals surface area (Å²) in [6, 6.07) is 2.27. The Balaban J connectivity index is 1.85. The van der Waals surface area contributed by atoms with Crippen molar-refractivity contribution in [1.29, 1.82) is 0 Å². The van der Waals surface area contributed by atoms with Crippen molar-refractivity contribution in [2.75, 3.05) is 13.2 Å². The lowest BCUT2D eigenvalue weighted by Crippen LogP contribution is -2.44. The summed E-state index contributed by atoms with van der Waals surface area (Å²) in [7, 11) is 0. The van der Waals surface area contributed by atoms with E-state index in [1.165, 1.54) is 5.56 Å². The molecule has 0 radical (unpaired) electrons. The van der Waals surface area contributed by atoms with Gasteiger partial charge in [0, 0.05) is 6.61 Å². The maximum absolute atomic E-state index is 12.6. The van der Waals surface area contributed by atoms with Gasteiger partial charge in [0.05, 0.1) is 18.7 Å². The average molecular weight is 280 g/mol. The Morgan fingerprint density at radius 2 is 2.47 bits per heavy atom. The molecule has 2 aliphatic rings. The van der Waals surface area contributed by atoms with E-state index >= 15 is 0 Å². The molecule has 3 unspecified atom stereocenters. The van der Waals surface area contributed by atoms with Crippen molar-refractivity contribution in [2.45, 2.75) is 44.4 Å². The molecule has 1 N–H and O–H groups in total. The molecular weight excluding hydrogens is 260 g/mol. The number of nitrogens with one attached hydrogen (secondary N) is 1. The molecule has 0 bridgehead atoms. The van der Waals surface area contributed by atoms with Crippen LogP contribution in [0.4, 0.5) is 0 Å². The summed E-state index contributed by atoms with van der Waals surface area (Å²) in [6.07, 6.45) is 2.95. The molecule has 2 saturated heterocycles. The van der Waals surface area contributed by atoms with Gasteiger partial charge >= 0.3 is 0 Å². The molecular formula is C14H20N2O2S. The van der Waals surface area contributed by atoms with Gasteiger partial charge in [-0.1, -0.05) is 6.92 Å². The number of carbonyl (C=O) groups excluding carboxylic acids is 1. The monoisotopic (exact) mass is 280 g/mol. The first kappa shape index (κ1) is 13.1. The van der Waals surface area contributed by atoms with Gasteiger partial charge < -0.3 is 9.64 Å². The summed E-state index contributed by atoms with van der Waals surface area (Å²) < 4.78 is 5.56. The molecule has 1 aromatic rings. The lowest BCUT2D eigenvalue weighted by Gasteiger charge is -2.34. The molecule has 5 heteroatoms. The molecule has 4 nitrogen and oxygen atoms in total. The number of amides is 1. The highest BCUT2D eigenvalue weighted by molar-refractivity contribution is 7.07. The second-order valence-electron chi connectivity index (χ2n) is 5.20. The third-order valence-electron chi connectivity index (χ3n) is 3.99. The quantitative estimate of drug-likeness (QED) is 0.922. The number of thiophene rings is 1. The van der Waals surface area contributed by atoms with Crippen molar-refractivity contribution in [3.63, 3.8) is 0 Å². The molecule has 19 heavy (non-hydrogen) atoms. The first-order valence-corrected chi connectivity index (χ1v) is 7.93. The molecule has 3 atom stereocenters. The van der Waals surface area contributed by atoms with Crippen LogP contribution in [-0.4, -0.2) is 36.1 Å². The predicted octanol–water partition coefficient (Wildman–Crippen LogP) is 2.14. The van der Waals surface area contributed by atoms with E-state index in [2.05, 4.69) is 29.1 Å².